The molecule has 1 aliphatic carbocycles. The van der Waals surface area contributed by atoms with Crippen molar-refractivity contribution in [2.45, 2.75) is 31.7 Å². The van der Waals surface area contributed by atoms with E-state index in [9.17, 15) is 0 Å². The van der Waals surface area contributed by atoms with Crippen LogP contribution in [0.3, 0.4) is 0 Å². The molecule has 2 rings (SSSR count). The van der Waals surface area contributed by atoms with Gasteiger partial charge in [0.2, 0.25) is 0 Å². The maximum Gasteiger partial charge on any atom is 0.0410 e. The quantitative estimate of drug-likeness (QED) is 0.849. The lowest BCUT2D eigenvalue weighted by atomic mass is 9.90. The molecule has 1 aliphatic rings. The Labute approximate surface area is 98.7 Å². The van der Waals surface area contributed by atoms with E-state index in [0.29, 0.717) is 6.04 Å². The number of hydrogen-bond donors (Lipinski definition) is 1. The first-order chi connectivity index (χ1) is 7.24. The second-order valence-electron chi connectivity index (χ2n) is 4.10. The summed E-state index contributed by atoms with van der Waals surface area (Å²) in [6, 6.07) is 2.44. The highest BCUT2D eigenvalue weighted by molar-refractivity contribution is 9.10. The van der Waals surface area contributed by atoms with Crippen LogP contribution in [0.25, 0.3) is 6.08 Å². The highest BCUT2D eigenvalue weighted by Crippen LogP contribution is 2.24. The predicted octanol–water partition coefficient (Wildman–Crippen LogP) is 3.13. The molecule has 2 nitrogen and oxygen atoms in total. The van der Waals surface area contributed by atoms with Crippen molar-refractivity contribution < 1.29 is 0 Å². The molecule has 0 bridgehead atoms. The second-order valence-corrected chi connectivity index (χ2v) is 5.01. The monoisotopic (exact) mass is 266 g/mol. The summed E-state index contributed by atoms with van der Waals surface area (Å²) in [7, 11) is 0. The van der Waals surface area contributed by atoms with E-state index in [1.165, 1.54) is 18.4 Å². The van der Waals surface area contributed by atoms with Crippen LogP contribution in [-0.2, 0) is 0 Å². The van der Waals surface area contributed by atoms with Gasteiger partial charge in [0, 0.05) is 22.9 Å². The third-order valence-electron chi connectivity index (χ3n) is 2.69. The average Bonchev–Trinajstić information content (AvgIpc) is 2.17. The Kier molecular flexibility index (Phi) is 3.54. The molecule has 0 aromatic carbocycles. The molecule has 1 fully saturated rings. The average molecular weight is 267 g/mol. The van der Waals surface area contributed by atoms with Gasteiger partial charge in [0.15, 0.2) is 0 Å². The molecule has 2 N–H and O–H groups in total. The van der Waals surface area contributed by atoms with Gasteiger partial charge in [-0.1, -0.05) is 11.6 Å². The highest BCUT2D eigenvalue weighted by atomic mass is 79.9. The molecule has 1 heterocycles. The Morgan fingerprint density at radius 1 is 1.47 bits per heavy atom. The third kappa shape index (κ3) is 3.14. The fourth-order valence-electron chi connectivity index (χ4n) is 2.01. The van der Waals surface area contributed by atoms with E-state index in [2.05, 4.69) is 33.1 Å². The predicted molar refractivity (Wildman–Crippen MR) is 66.4 cm³/mol. The zero-order valence-electron chi connectivity index (χ0n) is 8.62. The lowest BCUT2D eigenvalue weighted by Crippen LogP contribution is -2.23. The van der Waals surface area contributed by atoms with E-state index >= 15 is 0 Å². The molecule has 15 heavy (non-hydrogen) atoms. The zero-order chi connectivity index (χ0) is 10.7. The van der Waals surface area contributed by atoms with Gasteiger partial charge < -0.3 is 5.73 Å². The Balaban J connectivity index is 2.15. The molecule has 0 radical (unpaired) electrons. The van der Waals surface area contributed by atoms with Crippen LogP contribution < -0.4 is 5.73 Å². The number of pyridine rings is 1. The van der Waals surface area contributed by atoms with Gasteiger partial charge in [0.05, 0.1) is 0 Å². The molecule has 0 spiro atoms. The zero-order valence-corrected chi connectivity index (χ0v) is 10.2. The third-order valence-corrected chi connectivity index (χ3v) is 3.13. The summed E-state index contributed by atoms with van der Waals surface area (Å²) in [6.45, 7) is 0. The summed E-state index contributed by atoms with van der Waals surface area (Å²) in [5, 5.41) is 0. The van der Waals surface area contributed by atoms with Crippen molar-refractivity contribution in [1.82, 2.24) is 4.98 Å². The first kappa shape index (κ1) is 10.8. The first-order valence-corrected chi connectivity index (χ1v) is 6.09. The summed E-state index contributed by atoms with van der Waals surface area (Å²) >= 11 is 3.42. The first-order valence-electron chi connectivity index (χ1n) is 5.29. The SMILES string of the molecule is NC1CCC/C(=C/c2cncc(Br)c2)C1. The smallest absolute Gasteiger partial charge is 0.0410 e. The van der Waals surface area contributed by atoms with Gasteiger partial charge in [-0.25, -0.2) is 0 Å². The van der Waals surface area contributed by atoms with E-state index < -0.39 is 0 Å². The molecular weight excluding hydrogens is 252 g/mol. The topological polar surface area (TPSA) is 38.9 Å². The fraction of sp³-hybridized carbons (Fsp3) is 0.417. The van der Waals surface area contributed by atoms with Crippen molar-refractivity contribution in [3.8, 4) is 0 Å². The van der Waals surface area contributed by atoms with Crippen LogP contribution in [0.1, 0.15) is 31.2 Å². The number of nitrogens with two attached hydrogens (primary N) is 1. The van der Waals surface area contributed by atoms with Crippen LogP contribution in [0.2, 0.25) is 0 Å². The van der Waals surface area contributed by atoms with Crippen molar-refractivity contribution in [3.63, 3.8) is 0 Å². The van der Waals surface area contributed by atoms with Gasteiger partial charge in [-0.05, 0) is 53.2 Å². The number of hydrogen-bond acceptors (Lipinski definition) is 2. The molecule has 1 aromatic rings. The van der Waals surface area contributed by atoms with Gasteiger partial charge in [0.25, 0.3) is 0 Å². The van der Waals surface area contributed by atoms with E-state index in [1.807, 2.05) is 6.20 Å². The number of aromatic nitrogens is 1. The van der Waals surface area contributed by atoms with Crippen molar-refractivity contribution in [3.05, 3.63) is 34.1 Å². The van der Waals surface area contributed by atoms with Crippen molar-refractivity contribution >= 4 is 22.0 Å². The van der Waals surface area contributed by atoms with Crippen LogP contribution in [0.15, 0.2) is 28.5 Å². The van der Waals surface area contributed by atoms with Crippen LogP contribution in [0.4, 0.5) is 0 Å². The maximum absolute atomic E-state index is 5.94. The molecule has 1 saturated carbocycles. The molecule has 0 aliphatic heterocycles. The van der Waals surface area contributed by atoms with E-state index in [0.717, 1.165) is 22.9 Å². The molecule has 0 amide bonds. The van der Waals surface area contributed by atoms with Gasteiger partial charge >= 0.3 is 0 Å². The van der Waals surface area contributed by atoms with E-state index in [1.54, 1.807) is 6.20 Å². The van der Waals surface area contributed by atoms with Crippen molar-refractivity contribution in [2.75, 3.05) is 0 Å². The molecule has 80 valence electrons. The van der Waals surface area contributed by atoms with Crippen LogP contribution >= 0.6 is 15.9 Å². The van der Waals surface area contributed by atoms with Gasteiger partial charge in [0.1, 0.15) is 0 Å². The van der Waals surface area contributed by atoms with Crippen LogP contribution in [0.5, 0.6) is 0 Å². The van der Waals surface area contributed by atoms with E-state index in [4.69, 9.17) is 5.73 Å². The molecule has 1 unspecified atom stereocenters. The van der Waals surface area contributed by atoms with Gasteiger partial charge in [-0.2, -0.15) is 0 Å². The minimum absolute atomic E-state index is 0.352. The Morgan fingerprint density at radius 3 is 3.07 bits per heavy atom. The summed E-state index contributed by atoms with van der Waals surface area (Å²) in [5.41, 5.74) is 8.56. The highest BCUT2D eigenvalue weighted by Gasteiger charge is 2.12. The number of nitrogens with zero attached hydrogens (tertiary/aromatic N) is 1. The Hall–Kier alpha value is -0.670. The maximum atomic E-state index is 5.94. The largest absolute Gasteiger partial charge is 0.327 e. The lowest BCUT2D eigenvalue weighted by Gasteiger charge is -2.20. The standard InChI is InChI=1S/C12H15BrN2/c13-11-5-10(7-15-8-11)4-9-2-1-3-12(14)6-9/h4-5,7-8,12H,1-3,6,14H2/b9-4-. The summed E-state index contributed by atoms with van der Waals surface area (Å²) in [6.07, 6.45) is 10.5. The normalized spacial score (nSPS) is 24.4. The van der Waals surface area contributed by atoms with Crippen LogP contribution in [0, 0.1) is 0 Å². The fourth-order valence-corrected chi connectivity index (χ4v) is 2.39. The molecule has 3 heteroatoms. The minimum atomic E-state index is 0.352. The molecule has 0 saturated heterocycles. The molecule has 1 atom stereocenters. The van der Waals surface area contributed by atoms with Crippen molar-refractivity contribution in [1.29, 1.82) is 0 Å². The minimum Gasteiger partial charge on any atom is -0.327 e. The second kappa shape index (κ2) is 4.90. The molecule has 1 aromatic heterocycles. The Morgan fingerprint density at radius 2 is 2.33 bits per heavy atom. The van der Waals surface area contributed by atoms with E-state index in [-0.39, 0.29) is 0 Å². The molecular formula is C12H15BrN2. The Bertz CT molecular complexity index is 374. The van der Waals surface area contributed by atoms with Gasteiger partial charge in [-0.3, -0.25) is 4.98 Å². The summed E-state index contributed by atoms with van der Waals surface area (Å²) in [4.78, 5) is 4.15. The lowest BCUT2D eigenvalue weighted by molar-refractivity contribution is 0.520. The number of halogens is 1. The summed E-state index contributed by atoms with van der Waals surface area (Å²) in [5.74, 6) is 0. The number of rotatable bonds is 1. The van der Waals surface area contributed by atoms with Crippen LogP contribution in [-0.4, -0.2) is 11.0 Å². The van der Waals surface area contributed by atoms with Crippen molar-refractivity contribution in [2.24, 2.45) is 5.73 Å². The summed E-state index contributed by atoms with van der Waals surface area (Å²) < 4.78 is 1.02. The van der Waals surface area contributed by atoms with Gasteiger partial charge in [-0.15, -0.1) is 0 Å².